The van der Waals surface area contributed by atoms with Crippen molar-refractivity contribution in [3.05, 3.63) is 0 Å². The maximum atomic E-state index is 9.86. The lowest BCUT2D eigenvalue weighted by Gasteiger charge is -2.27. The second-order valence-electron chi connectivity index (χ2n) is 5.01. The van der Waals surface area contributed by atoms with Gasteiger partial charge in [-0.05, 0) is 6.42 Å². The molecule has 2 N–H and O–H groups in total. The lowest BCUT2D eigenvalue weighted by Crippen LogP contribution is -2.48. The zero-order valence-electron chi connectivity index (χ0n) is 10.5. The van der Waals surface area contributed by atoms with Crippen LogP contribution in [0.1, 0.15) is 39.0 Å². The summed E-state index contributed by atoms with van der Waals surface area (Å²) < 4.78 is 0.806. The molecule has 0 aromatic heterocycles. The third-order valence-corrected chi connectivity index (χ3v) is 4.05. The summed E-state index contributed by atoms with van der Waals surface area (Å²) >= 11 is 5.29. The van der Waals surface area contributed by atoms with Gasteiger partial charge in [0, 0.05) is 18.6 Å². The van der Waals surface area contributed by atoms with E-state index in [1.54, 1.807) is 0 Å². The molecule has 0 bridgehead atoms. The van der Waals surface area contributed by atoms with Crippen molar-refractivity contribution in [1.29, 1.82) is 0 Å². The first kappa shape index (κ1) is 13.9. The van der Waals surface area contributed by atoms with Gasteiger partial charge < -0.3 is 10.4 Å². The van der Waals surface area contributed by atoms with Crippen LogP contribution in [0.4, 0.5) is 0 Å². The van der Waals surface area contributed by atoms with Gasteiger partial charge >= 0.3 is 0 Å². The van der Waals surface area contributed by atoms with Gasteiger partial charge in [0.05, 0.1) is 26.2 Å². The molecule has 3 nitrogen and oxygen atoms in total. The number of likely N-dealkylation sites (N-methyl/N-ethyl adjacent to an activating group) is 1. The quantitative estimate of drug-likeness (QED) is 0.406. The number of thiocarbonyl (C=S) groups is 1. The molecule has 1 saturated heterocycles. The molecule has 1 fully saturated rings. The Hall–Kier alpha value is -0.190. The Morgan fingerprint density at radius 2 is 2.19 bits per heavy atom. The minimum Gasteiger partial charge on any atom is -0.393 e. The largest absolute Gasteiger partial charge is 0.393 e. The number of aliphatic hydroxyl groups excluding tert-OH is 1. The number of hydrogen-bond donors (Lipinski definition) is 2. The van der Waals surface area contributed by atoms with Gasteiger partial charge in [0.1, 0.15) is 6.54 Å². The predicted octanol–water partition coefficient (Wildman–Crippen LogP) is 1.65. The van der Waals surface area contributed by atoms with Crippen molar-refractivity contribution in [3.8, 4) is 0 Å². The first-order chi connectivity index (χ1) is 7.58. The summed E-state index contributed by atoms with van der Waals surface area (Å²) in [5.74, 6) is 0. The maximum Gasteiger partial charge on any atom is 0.269 e. The molecule has 0 amide bonds. The second kappa shape index (κ2) is 6.52. The fourth-order valence-corrected chi connectivity index (χ4v) is 2.41. The van der Waals surface area contributed by atoms with Crippen molar-refractivity contribution in [2.75, 3.05) is 26.7 Å². The van der Waals surface area contributed by atoms with Crippen molar-refractivity contribution in [3.63, 3.8) is 0 Å². The van der Waals surface area contributed by atoms with Crippen molar-refractivity contribution < 1.29 is 9.59 Å². The molecule has 1 heterocycles. The van der Waals surface area contributed by atoms with Gasteiger partial charge in [-0.15, -0.1) is 0 Å². The van der Waals surface area contributed by atoms with Crippen molar-refractivity contribution in [2.45, 2.75) is 45.1 Å². The van der Waals surface area contributed by atoms with Crippen LogP contribution in [-0.2, 0) is 0 Å². The van der Waals surface area contributed by atoms with Gasteiger partial charge in [0.15, 0.2) is 0 Å². The van der Waals surface area contributed by atoms with Crippen molar-refractivity contribution >= 4 is 17.3 Å². The van der Waals surface area contributed by atoms with Crippen LogP contribution in [0, 0.1) is 0 Å². The molecule has 0 aromatic rings. The van der Waals surface area contributed by atoms with Crippen LogP contribution in [-0.4, -0.2) is 47.5 Å². The summed E-state index contributed by atoms with van der Waals surface area (Å²) in [6, 6.07) is 0. The van der Waals surface area contributed by atoms with E-state index >= 15 is 0 Å². The molecule has 0 spiro atoms. The zero-order valence-corrected chi connectivity index (χ0v) is 11.4. The molecule has 0 aromatic carbocycles. The average molecular weight is 245 g/mol. The minimum absolute atomic E-state index is 0.148. The number of hydrogen-bond acceptors (Lipinski definition) is 2. The van der Waals surface area contributed by atoms with E-state index in [1.807, 2.05) is 0 Å². The Kier molecular flexibility index (Phi) is 5.66. The highest BCUT2D eigenvalue weighted by Crippen LogP contribution is 2.13. The van der Waals surface area contributed by atoms with Gasteiger partial charge in [-0.3, -0.25) is 4.48 Å². The second-order valence-corrected chi connectivity index (χ2v) is 5.40. The molecule has 1 aliphatic heterocycles. The van der Waals surface area contributed by atoms with Crippen LogP contribution in [0.25, 0.3) is 0 Å². The third kappa shape index (κ3) is 4.00. The van der Waals surface area contributed by atoms with Gasteiger partial charge in [0.2, 0.25) is 0 Å². The summed E-state index contributed by atoms with van der Waals surface area (Å²) in [6.07, 6.45) is 5.24. The summed E-state index contributed by atoms with van der Waals surface area (Å²) in [5, 5.41) is 14.0. The molecule has 94 valence electrons. The third-order valence-electron chi connectivity index (χ3n) is 3.47. The smallest absolute Gasteiger partial charge is 0.269 e. The van der Waals surface area contributed by atoms with Crippen LogP contribution in [0.2, 0.25) is 0 Å². The molecule has 16 heavy (non-hydrogen) atoms. The lowest BCUT2D eigenvalue weighted by atomic mass is 10.1. The van der Waals surface area contributed by atoms with E-state index in [1.165, 1.54) is 12.8 Å². The summed E-state index contributed by atoms with van der Waals surface area (Å²) in [4.78, 5) is 0. The Bertz CT molecular complexity index is 235. The molecule has 1 rings (SSSR count). The topological polar surface area (TPSA) is 32.3 Å². The fraction of sp³-hybridized carbons (Fsp3) is 0.917. The summed E-state index contributed by atoms with van der Waals surface area (Å²) in [7, 11) is 2.15. The molecule has 1 aliphatic rings. The van der Waals surface area contributed by atoms with Gasteiger partial charge in [-0.2, -0.15) is 0 Å². The van der Waals surface area contributed by atoms with Crippen LogP contribution >= 0.6 is 12.2 Å². The van der Waals surface area contributed by atoms with Crippen LogP contribution in [0.15, 0.2) is 0 Å². The zero-order chi connectivity index (χ0) is 12.0. The SMILES string of the molecule is CCCCCC(O)CC[N+]1(C)CCNC1=S. The first-order valence-corrected chi connectivity index (χ1v) is 6.80. The van der Waals surface area contributed by atoms with Gasteiger partial charge in [-0.1, -0.05) is 26.2 Å². The molecule has 0 saturated carbocycles. The molecule has 2 atom stereocenters. The highest BCUT2D eigenvalue weighted by atomic mass is 32.1. The van der Waals surface area contributed by atoms with Crippen molar-refractivity contribution in [1.82, 2.24) is 5.32 Å². The van der Waals surface area contributed by atoms with E-state index in [9.17, 15) is 5.11 Å². The number of rotatable bonds is 7. The van der Waals surface area contributed by atoms with E-state index in [0.29, 0.717) is 0 Å². The highest BCUT2D eigenvalue weighted by molar-refractivity contribution is 7.79. The number of quaternary nitrogens is 1. The van der Waals surface area contributed by atoms with E-state index < -0.39 is 0 Å². The normalized spacial score (nSPS) is 26.8. The average Bonchev–Trinajstić information content (AvgIpc) is 2.58. The Balaban J connectivity index is 2.20. The lowest BCUT2D eigenvalue weighted by molar-refractivity contribution is -0.811. The number of aliphatic hydroxyl groups is 1. The van der Waals surface area contributed by atoms with Gasteiger partial charge in [0.25, 0.3) is 5.11 Å². The Labute approximate surface area is 104 Å². The Morgan fingerprint density at radius 3 is 2.75 bits per heavy atom. The number of nitrogens with one attached hydrogen (secondary N) is 1. The molecular weight excluding hydrogens is 220 g/mol. The van der Waals surface area contributed by atoms with Crippen LogP contribution in [0.5, 0.6) is 0 Å². The standard InChI is InChI=1S/C12H24N2OS/c1-3-4-5-6-11(15)7-9-14(2)10-8-13-12(14)16/h11,15H,3-10H2,1-2H3/p+1. The molecule has 0 radical (unpaired) electrons. The highest BCUT2D eigenvalue weighted by Gasteiger charge is 2.33. The van der Waals surface area contributed by atoms with E-state index in [2.05, 4.69) is 19.3 Å². The Morgan fingerprint density at radius 1 is 1.44 bits per heavy atom. The maximum absolute atomic E-state index is 9.86. The molecule has 2 unspecified atom stereocenters. The van der Waals surface area contributed by atoms with E-state index in [4.69, 9.17) is 12.2 Å². The molecular formula is C12H25N2OS+. The molecule has 0 aliphatic carbocycles. The predicted molar refractivity (Wildman–Crippen MR) is 71.3 cm³/mol. The monoisotopic (exact) mass is 245 g/mol. The van der Waals surface area contributed by atoms with Gasteiger partial charge in [-0.25, -0.2) is 0 Å². The summed E-state index contributed by atoms with van der Waals surface area (Å²) in [5.41, 5.74) is 0. The van der Waals surface area contributed by atoms with Crippen molar-refractivity contribution in [2.24, 2.45) is 0 Å². The fourth-order valence-electron chi connectivity index (χ4n) is 2.12. The molecule has 4 heteroatoms. The first-order valence-electron chi connectivity index (χ1n) is 6.39. The summed E-state index contributed by atoms with van der Waals surface area (Å²) in [6.45, 7) is 5.17. The van der Waals surface area contributed by atoms with Crippen LogP contribution < -0.4 is 5.32 Å². The van der Waals surface area contributed by atoms with E-state index in [-0.39, 0.29) is 6.10 Å². The number of nitrogens with zero attached hydrogens (tertiary/aromatic N) is 1. The minimum atomic E-state index is -0.148. The van der Waals surface area contributed by atoms with E-state index in [0.717, 1.165) is 48.5 Å². The number of unbranched alkanes of at least 4 members (excludes halogenated alkanes) is 2. The van der Waals surface area contributed by atoms with Crippen LogP contribution in [0.3, 0.4) is 0 Å².